The summed E-state index contributed by atoms with van der Waals surface area (Å²) in [6.45, 7) is 3.31. The summed E-state index contributed by atoms with van der Waals surface area (Å²) >= 11 is 5.86. The third kappa shape index (κ3) is 6.27. The van der Waals surface area contributed by atoms with Gasteiger partial charge in [0.25, 0.3) is 15.9 Å². The van der Waals surface area contributed by atoms with E-state index >= 15 is 0 Å². The number of sulfonamides is 1. The predicted octanol–water partition coefficient (Wildman–Crippen LogP) is 6.26. The Morgan fingerprint density at radius 3 is 2.19 bits per heavy atom. The van der Waals surface area contributed by atoms with Gasteiger partial charge in [-0.3, -0.25) is 9.10 Å². The molecule has 1 amide bonds. The summed E-state index contributed by atoms with van der Waals surface area (Å²) in [5, 5.41) is 3.11. The van der Waals surface area contributed by atoms with Crippen LogP contribution in [0.25, 0.3) is 11.1 Å². The van der Waals surface area contributed by atoms with Gasteiger partial charge in [0.2, 0.25) is 0 Å². The van der Waals surface area contributed by atoms with Crippen LogP contribution >= 0.6 is 11.6 Å². The number of nitrogens with zero attached hydrogens (tertiary/aromatic N) is 1. The lowest BCUT2D eigenvalue weighted by molar-refractivity contribution is -0.137. The number of amides is 1. The minimum Gasteiger partial charge on any atom is -0.347 e. The summed E-state index contributed by atoms with van der Waals surface area (Å²) in [7, 11) is -4.00. The smallest absolute Gasteiger partial charge is 0.347 e. The molecule has 3 aromatic carbocycles. The van der Waals surface area contributed by atoms with Gasteiger partial charge in [0.05, 0.1) is 10.5 Å². The molecule has 0 unspecified atom stereocenters. The topological polar surface area (TPSA) is 66.5 Å². The molecule has 0 aliphatic heterocycles. The van der Waals surface area contributed by atoms with E-state index in [1.165, 1.54) is 42.5 Å². The van der Waals surface area contributed by atoms with E-state index in [4.69, 9.17) is 11.6 Å². The van der Waals surface area contributed by atoms with Crippen LogP contribution in [0.1, 0.15) is 25.0 Å². The van der Waals surface area contributed by atoms with E-state index in [0.717, 1.165) is 16.4 Å². The van der Waals surface area contributed by atoms with Crippen LogP contribution in [-0.4, -0.2) is 25.2 Å². The maximum atomic E-state index is 13.1. The second-order valence-corrected chi connectivity index (χ2v) is 10.1. The van der Waals surface area contributed by atoms with Gasteiger partial charge in [0.1, 0.15) is 5.70 Å². The van der Waals surface area contributed by atoms with E-state index in [1.807, 2.05) is 0 Å². The minimum atomic E-state index is -4.41. The summed E-state index contributed by atoms with van der Waals surface area (Å²) in [4.78, 5) is 13.0. The van der Waals surface area contributed by atoms with Crippen LogP contribution in [0.4, 0.5) is 13.2 Å². The van der Waals surface area contributed by atoms with Gasteiger partial charge in [-0.15, -0.1) is 0 Å². The maximum Gasteiger partial charge on any atom is 0.416 e. The van der Waals surface area contributed by atoms with Crippen LogP contribution in [0.3, 0.4) is 0 Å². The Hall–Kier alpha value is -3.30. The number of rotatable bonds is 8. The van der Waals surface area contributed by atoms with Crippen molar-refractivity contribution in [3.63, 3.8) is 0 Å². The molecule has 0 saturated carbocycles. The summed E-state index contributed by atoms with van der Waals surface area (Å²) in [6.07, 6.45) is -2.99. The molecule has 0 aliphatic carbocycles. The summed E-state index contributed by atoms with van der Waals surface area (Å²) in [5.74, 6) is -0.586. The number of alkyl halides is 3. The van der Waals surface area contributed by atoms with Crippen LogP contribution < -0.4 is 5.32 Å². The lowest BCUT2D eigenvalue weighted by Crippen LogP contribution is -2.38. The van der Waals surface area contributed by atoms with Crippen LogP contribution in [0, 0.1) is 0 Å². The zero-order valence-corrected chi connectivity index (χ0v) is 21.1. The van der Waals surface area contributed by atoms with Gasteiger partial charge < -0.3 is 5.32 Å². The molecule has 0 aliphatic rings. The molecule has 0 saturated heterocycles. The van der Waals surface area contributed by atoms with Gasteiger partial charge in [0.15, 0.2) is 0 Å². The van der Waals surface area contributed by atoms with Gasteiger partial charge in [0, 0.05) is 18.1 Å². The molecule has 0 bridgehead atoms. The first kappa shape index (κ1) is 27.3. The van der Waals surface area contributed by atoms with Crippen molar-refractivity contribution in [3.05, 3.63) is 101 Å². The van der Waals surface area contributed by atoms with Gasteiger partial charge in [-0.1, -0.05) is 48.0 Å². The third-order valence-electron chi connectivity index (χ3n) is 5.39. The number of benzene rings is 3. The molecule has 0 heterocycles. The second kappa shape index (κ2) is 11.2. The predicted molar refractivity (Wildman–Crippen MR) is 134 cm³/mol. The van der Waals surface area contributed by atoms with Crippen LogP contribution in [0.2, 0.25) is 5.02 Å². The van der Waals surface area contributed by atoms with E-state index in [1.54, 1.807) is 38.1 Å². The number of likely N-dealkylation sites (N-methyl/N-ethyl adjacent to an activating group) is 1. The lowest BCUT2D eigenvalue weighted by Gasteiger charge is -2.25. The average molecular weight is 537 g/mol. The summed E-state index contributed by atoms with van der Waals surface area (Å²) < 4.78 is 65.8. The Balaban J connectivity index is 1.75. The van der Waals surface area contributed by atoms with Gasteiger partial charge in [-0.25, -0.2) is 8.42 Å². The molecule has 3 aromatic rings. The molecule has 0 spiro atoms. The molecule has 3 rings (SSSR count). The van der Waals surface area contributed by atoms with Crippen molar-refractivity contribution < 1.29 is 26.4 Å². The maximum absolute atomic E-state index is 13.1. The standard InChI is InChI=1S/C26H24ClF3N2O3S/c1-3-24(32(4-2)36(34,35)23-14-12-22(27)13-15-23)25(33)31-17-18-6-5-7-20(16-18)19-8-10-21(11-9-19)26(28,29)30/h3,5-16H,4,17H2,1-2H3,(H,31,33)/b24-3-. The highest BCUT2D eigenvalue weighted by atomic mass is 35.5. The Labute approximate surface area is 213 Å². The average Bonchev–Trinajstić information content (AvgIpc) is 2.85. The molecule has 1 N–H and O–H groups in total. The molecule has 36 heavy (non-hydrogen) atoms. The van der Waals surface area contributed by atoms with Gasteiger partial charge >= 0.3 is 6.18 Å². The van der Waals surface area contributed by atoms with Crippen LogP contribution in [0.5, 0.6) is 0 Å². The quantitative estimate of drug-likeness (QED) is 0.346. The highest BCUT2D eigenvalue weighted by Gasteiger charge is 2.30. The largest absolute Gasteiger partial charge is 0.416 e. The van der Waals surface area contributed by atoms with Crippen molar-refractivity contribution >= 4 is 27.5 Å². The Bertz CT molecular complexity index is 1350. The third-order valence-corrected chi connectivity index (χ3v) is 7.54. The Morgan fingerprint density at radius 2 is 1.64 bits per heavy atom. The summed E-state index contributed by atoms with van der Waals surface area (Å²) in [5.41, 5.74) is 1.20. The molecule has 10 heteroatoms. The number of halogens is 4. The van der Waals surface area contributed by atoms with Crippen LogP contribution in [0.15, 0.2) is 89.5 Å². The fraction of sp³-hybridized carbons (Fsp3) is 0.192. The number of carbonyl (C=O) groups is 1. The van der Waals surface area contributed by atoms with Gasteiger partial charge in [-0.05, 0) is 73.0 Å². The number of hydrogen-bond acceptors (Lipinski definition) is 3. The number of allylic oxidation sites excluding steroid dienone is 1. The van der Waals surface area contributed by atoms with Crippen molar-refractivity contribution in [1.82, 2.24) is 9.62 Å². The first-order valence-electron chi connectivity index (χ1n) is 11.0. The molecule has 0 atom stereocenters. The highest BCUT2D eigenvalue weighted by Crippen LogP contribution is 2.31. The zero-order valence-electron chi connectivity index (χ0n) is 19.5. The van der Waals surface area contributed by atoms with E-state index in [-0.39, 0.29) is 23.7 Å². The van der Waals surface area contributed by atoms with Crippen molar-refractivity contribution in [3.8, 4) is 11.1 Å². The first-order chi connectivity index (χ1) is 17.0. The molecule has 0 fully saturated rings. The summed E-state index contributed by atoms with van der Waals surface area (Å²) in [6, 6.07) is 17.5. The molecule has 190 valence electrons. The Kier molecular flexibility index (Phi) is 8.47. The number of carbonyl (C=O) groups excluding carboxylic acids is 1. The molecular weight excluding hydrogens is 513 g/mol. The van der Waals surface area contributed by atoms with E-state index in [0.29, 0.717) is 21.7 Å². The molecule has 0 aromatic heterocycles. The monoisotopic (exact) mass is 536 g/mol. The number of nitrogens with one attached hydrogen (secondary N) is 1. The second-order valence-electron chi connectivity index (χ2n) is 7.76. The fourth-order valence-corrected chi connectivity index (χ4v) is 5.23. The zero-order chi connectivity index (χ0) is 26.5. The SMILES string of the molecule is C/C=C(/C(=O)NCc1cccc(-c2ccc(C(F)(F)F)cc2)c1)N(CC)S(=O)(=O)c1ccc(Cl)cc1. The van der Waals surface area contributed by atoms with Crippen molar-refractivity contribution in [2.75, 3.05) is 6.54 Å². The molecule has 0 radical (unpaired) electrons. The Morgan fingerprint density at radius 1 is 1.00 bits per heavy atom. The normalized spacial score (nSPS) is 12.3. The molecule has 5 nitrogen and oxygen atoms in total. The van der Waals surface area contributed by atoms with E-state index in [9.17, 15) is 26.4 Å². The van der Waals surface area contributed by atoms with Crippen molar-refractivity contribution in [2.24, 2.45) is 0 Å². The lowest BCUT2D eigenvalue weighted by atomic mass is 10.0. The van der Waals surface area contributed by atoms with Gasteiger partial charge in [-0.2, -0.15) is 13.2 Å². The number of hydrogen-bond donors (Lipinski definition) is 1. The minimum absolute atomic E-state index is 0.00476. The van der Waals surface area contributed by atoms with Crippen molar-refractivity contribution in [1.29, 1.82) is 0 Å². The van der Waals surface area contributed by atoms with E-state index < -0.39 is 27.7 Å². The highest BCUT2D eigenvalue weighted by molar-refractivity contribution is 7.89. The van der Waals surface area contributed by atoms with Crippen molar-refractivity contribution in [2.45, 2.75) is 31.5 Å². The van der Waals surface area contributed by atoms with E-state index in [2.05, 4.69) is 5.32 Å². The van der Waals surface area contributed by atoms with Crippen LogP contribution in [-0.2, 0) is 27.5 Å². The first-order valence-corrected chi connectivity index (χ1v) is 12.8. The molecular formula is C26H24ClF3N2O3S. The fourth-order valence-electron chi connectivity index (χ4n) is 3.58.